The third kappa shape index (κ3) is 3.41. The highest BCUT2D eigenvalue weighted by atomic mass is 79.9. The zero-order chi connectivity index (χ0) is 18.4. The van der Waals surface area contributed by atoms with Gasteiger partial charge in [-0.05, 0) is 47.5 Å². The summed E-state index contributed by atoms with van der Waals surface area (Å²) in [6, 6.07) is 4.77. The molecule has 0 spiro atoms. The van der Waals surface area contributed by atoms with Gasteiger partial charge in [0.25, 0.3) is 0 Å². The molecule has 25 heavy (non-hydrogen) atoms. The first-order valence-corrected chi connectivity index (χ1v) is 8.09. The van der Waals surface area contributed by atoms with Gasteiger partial charge in [-0.25, -0.2) is 9.97 Å². The number of nitrogens with two attached hydrogens (primary N) is 1. The van der Waals surface area contributed by atoms with Crippen molar-refractivity contribution >= 4 is 27.4 Å². The minimum absolute atomic E-state index is 0.126. The molecule has 0 aliphatic carbocycles. The molecule has 2 aromatic heterocycles. The Balaban J connectivity index is 2.07. The summed E-state index contributed by atoms with van der Waals surface area (Å²) in [5.74, 6) is 0.373. The lowest BCUT2D eigenvalue weighted by Crippen LogP contribution is -2.31. The number of fused-ring (bicyclic) bond motifs is 1. The number of imidazole rings is 1. The first kappa shape index (κ1) is 17.5. The highest BCUT2D eigenvalue weighted by Gasteiger charge is 2.38. The summed E-state index contributed by atoms with van der Waals surface area (Å²) in [7, 11) is 0. The molecule has 1 aromatic carbocycles. The number of aryl methyl sites for hydroxylation is 1. The molecule has 0 radical (unpaired) electrons. The SMILES string of the molecule is Cc1ccc(OC(C)C(F)(F)F)cc1-c1cnc2c(N)nc(Br)cn12. The van der Waals surface area contributed by atoms with E-state index in [4.69, 9.17) is 10.5 Å². The number of nitrogen functional groups attached to an aromatic ring is 1. The number of anilines is 1. The van der Waals surface area contributed by atoms with Crippen molar-refractivity contribution in [2.24, 2.45) is 0 Å². The van der Waals surface area contributed by atoms with Crippen molar-refractivity contribution in [2.45, 2.75) is 26.1 Å². The molecule has 3 rings (SSSR count). The second-order valence-corrected chi connectivity index (χ2v) is 6.38. The fraction of sp³-hybridized carbons (Fsp3) is 0.250. The van der Waals surface area contributed by atoms with Crippen LogP contribution in [0.15, 0.2) is 35.2 Å². The van der Waals surface area contributed by atoms with Gasteiger partial charge in [0.1, 0.15) is 10.4 Å². The van der Waals surface area contributed by atoms with Crippen molar-refractivity contribution in [3.8, 4) is 17.0 Å². The van der Waals surface area contributed by atoms with Gasteiger partial charge in [0.15, 0.2) is 17.6 Å². The largest absolute Gasteiger partial charge is 0.481 e. The molecule has 1 unspecified atom stereocenters. The van der Waals surface area contributed by atoms with E-state index in [-0.39, 0.29) is 11.6 Å². The third-order valence-electron chi connectivity index (χ3n) is 3.75. The standard InChI is InChI=1S/C16H14BrF3N4O/c1-8-3-4-10(25-9(2)16(18,19)20)5-11(8)12-6-22-15-14(21)23-13(17)7-24(12)15/h3-7,9H,1-2H3,(H2,21,23). The highest BCUT2D eigenvalue weighted by molar-refractivity contribution is 9.10. The molecule has 0 bridgehead atoms. The number of aromatic nitrogens is 3. The number of nitrogens with zero attached hydrogens (tertiary/aromatic N) is 3. The maximum absolute atomic E-state index is 12.7. The molecule has 0 amide bonds. The van der Waals surface area contributed by atoms with Gasteiger partial charge in [0.2, 0.25) is 0 Å². The number of benzene rings is 1. The van der Waals surface area contributed by atoms with Crippen LogP contribution in [0.2, 0.25) is 0 Å². The van der Waals surface area contributed by atoms with Gasteiger partial charge in [-0.3, -0.25) is 4.40 Å². The van der Waals surface area contributed by atoms with E-state index in [1.165, 1.54) is 6.07 Å². The highest BCUT2D eigenvalue weighted by Crippen LogP contribution is 2.32. The van der Waals surface area contributed by atoms with E-state index < -0.39 is 12.3 Å². The van der Waals surface area contributed by atoms with E-state index in [9.17, 15) is 13.2 Å². The quantitative estimate of drug-likeness (QED) is 0.690. The molecule has 1 atom stereocenters. The zero-order valence-electron chi connectivity index (χ0n) is 13.3. The number of halogens is 4. The molecule has 0 aliphatic rings. The third-order valence-corrected chi connectivity index (χ3v) is 4.13. The average molecular weight is 415 g/mol. The molecular weight excluding hydrogens is 401 g/mol. The smallest absolute Gasteiger partial charge is 0.425 e. The van der Waals surface area contributed by atoms with Gasteiger partial charge in [0.05, 0.1) is 11.9 Å². The van der Waals surface area contributed by atoms with Gasteiger partial charge in [0, 0.05) is 11.8 Å². The minimum atomic E-state index is -4.43. The van der Waals surface area contributed by atoms with Crippen molar-refractivity contribution < 1.29 is 17.9 Å². The van der Waals surface area contributed by atoms with Gasteiger partial charge in [-0.2, -0.15) is 13.2 Å². The average Bonchev–Trinajstić information content (AvgIpc) is 2.92. The summed E-state index contributed by atoms with van der Waals surface area (Å²) < 4.78 is 45.4. The lowest BCUT2D eigenvalue weighted by Gasteiger charge is -2.18. The summed E-state index contributed by atoms with van der Waals surface area (Å²) in [6.07, 6.45) is -3.04. The van der Waals surface area contributed by atoms with E-state index in [0.717, 1.165) is 12.5 Å². The second kappa shape index (κ2) is 6.21. The molecule has 2 N–H and O–H groups in total. The Morgan fingerprint density at radius 3 is 2.72 bits per heavy atom. The van der Waals surface area contributed by atoms with Crippen molar-refractivity contribution in [2.75, 3.05) is 5.73 Å². The molecule has 132 valence electrons. The monoisotopic (exact) mass is 414 g/mol. The molecule has 9 heteroatoms. The summed E-state index contributed by atoms with van der Waals surface area (Å²) in [5.41, 5.74) is 8.55. The Hall–Kier alpha value is -2.29. The van der Waals surface area contributed by atoms with Gasteiger partial charge >= 0.3 is 6.18 Å². The van der Waals surface area contributed by atoms with Crippen LogP contribution >= 0.6 is 15.9 Å². The first-order chi connectivity index (χ1) is 11.7. The molecule has 0 saturated heterocycles. The topological polar surface area (TPSA) is 65.4 Å². The zero-order valence-corrected chi connectivity index (χ0v) is 14.9. The Morgan fingerprint density at radius 2 is 2.04 bits per heavy atom. The summed E-state index contributed by atoms with van der Waals surface area (Å²) in [5, 5.41) is 0. The van der Waals surface area contributed by atoms with Crippen LogP contribution in [-0.4, -0.2) is 26.6 Å². The van der Waals surface area contributed by atoms with Crippen molar-refractivity contribution in [1.29, 1.82) is 0 Å². The van der Waals surface area contributed by atoms with Crippen LogP contribution in [-0.2, 0) is 0 Å². The number of ether oxygens (including phenoxy) is 1. The number of hydrogen-bond acceptors (Lipinski definition) is 4. The van der Waals surface area contributed by atoms with E-state index in [1.54, 1.807) is 28.9 Å². The first-order valence-electron chi connectivity index (χ1n) is 7.30. The number of hydrogen-bond donors (Lipinski definition) is 1. The Bertz CT molecular complexity index is 939. The minimum Gasteiger partial charge on any atom is -0.481 e. The van der Waals surface area contributed by atoms with Crippen molar-refractivity contribution in [3.05, 3.63) is 40.8 Å². The lowest BCUT2D eigenvalue weighted by molar-refractivity contribution is -0.189. The van der Waals surface area contributed by atoms with E-state index in [0.29, 0.717) is 21.5 Å². The van der Waals surface area contributed by atoms with Gasteiger partial charge in [-0.15, -0.1) is 0 Å². The van der Waals surface area contributed by atoms with Crippen molar-refractivity contribution in [3.63, 3.8) is 0 Å². The fourth-order valence-corrected chi connectivity index (χ4v) is 2.80. The van der Waals surface area contributed by atoms with E-state index in [2.05, 4.69) is 25.9 Å². The molecular formula is C16H14BrF3N4O. The van der Waals surface area contributed by atoms with Crippen LogP contribution in [0, 0.1) is 6.92 Å². The molecule has 3 aromatic rings. The van der Waals surface area contributed by atoms with E-state index >= 15 is 0 Å². The Kier molecular flexibility index (Phi) is 4.36. The number of rotatable bonds is 3. The predicted molar refractivity (Wildman–Crippen MR) is 91.4 cm³/mol. The normalized spacial score (nSPS) is 13.2. The molecule has 5 nitrogen and oxygen atoms in total. The van der Waals surface area contributed by atoms with Crippen LogP contribution in [0.4, 0.5) is 19.0 Å². The van der Waals surface area contributed by atoms with Crippen LogP contribution in [0.25, 0.3) is 16.9 Å². The van der Waals surface area contributed by atoms with Crippen molar-refractivity contribution in [1.82, 2.24) is 14.4 Å². The van der Waals surface area contributed by atoms with Crippen LogP contribution in [0.5, 0.6) is 5.75 Å². The summed E-state index contributed by atoms with van der Waals surface area (Å²) in [6.45, 7) is 2.82. The lowest BCUT2D eigenvalue weighted by atomic mass is 10.1. The molecule has 0 fully saturated rings. The Labute approximate surface area is 149 Å². The molecule has 2 heterocycles. The maximum Gasteiger partial charge on any atom is 0.425 e. The van der Waals surface area contributed by atoms with Crippen LogP contribution < -0.4 is 10.5 Å². The molecule has 0 saturated carbocycles. The van der Waals surface area contributed by atoms with E-state index in [1.807, 2.05) is 6.92 Å². The predicted octanol–water partition coefficient (Wildman–Crippen LogP) is 4.38. The van der Waals surface area contributed by atoms with Crippen LogP contribution in [0.1, 0.15) is 12.5 Å². The number of alkyl halides is 3. The molecule has 0 aliphatic heterocycles. The summed E-state index contributed by atoms with van der Waals surface area (Å²) in [4.78, 5) is 8.32. The maximum atomic E-state index is 12.7. The Morgan fingerprint density at radius 1 is 1.32 bits per heavy atom. The fourth-order valence-electron chi connectivity index (χ4n) is 2.40. The van der Waals surface area contributed by atoms with Gasteiger partial charge in [-0.1, -0.05) is 6.07 Å². The van der Waals surface area contributed by atoms with Gasteiger partial charge < -0.3 is 10.5 Å². The van der Waals surface area contributed by atoms with Crippen LogP contribution in [0.3, 0.4) is 0 Å². The summed E-state index contributed by atoms with van der Waals surface area (Å²) >= 11 is 3.27. The second-order valence-electron chi connectivity index (χ2n) is 5.56.